The molecule has 0 radical (unpaired) electrons. The maximum absolute atomic E-state index is 14.3. The fourth-order valence-electron chi connectivity index (χ4n) is 6.43. The lowest BCUT2D eigenvalue weighted by Crippen LogP contribution is -2.50. The van der Waals surface area contributed by atoms with E-state index in [0.717, 1.165) is 20.0 Å². The number of amides is 3. The van der Waals surface area contributed by atoms with Gasteiger partial charge in [-0.3, -0.25) is 14.6 Å². The summed E-state index contributed by atoms with van der Waals surface area (Å²) in [5.41, 5.74) is 0.195. The monoisotopic (exact) mass is 800 g/mol. The van der Waals surface area contributed by atoms with E-state index >= 15 is 0 Å². The van der Waals surface area contributed by atoms with E-state index in [2.05, 4.69) is 32.9 Å². The molecule has 0 spiro atoms. The molecule has 12 heteroatoms. The molecule has 2 aliphatic heterocycles. The summed E-state index contributed by atoms with van der Waals surface area (Å²) in [5, 5.41) is 3.98. The number of aromatic nitrogens is 1. The highest BCUT2D eigenvalue weighted by Gasteiger charge is 2.47. The molecule has 3 aromatic rings. The van der Waals surface area contributed by atoms with Gasteiger partial charge in [-0.25, -0.2) is 9.59 Å². The number of rotatable bonds is 6. The topological polar surface area (TPSA) is 122 Å². The van der Waals surface area contributed by atoms with Crippen LogP contribution in [0.1, 0.15) is 80.4 Å². The molecule has 2 saturated heterocycles. The number of H-pyrrole nitrogens is 1. The molecule has 2 atom stereocenters. The predicted octanol–water partition coefficient (Wildman–Crippen LogP) is 8.08. The van der Waals surface area contributed by atoms with Crippen molar-refractivity contribution in [2.75, 3.05) is 18.5 Å². The van der Waals surface area contributed by atoms with E-state index in [1.54, 1.807) is 15.9 Å². The fourth-order valence-corrected chi connectivity index (χ4v) is 6.95. The predicted molar refractivity (Wildman–Crippen MR) is 202 cm³/mol. The first-order valence-corrected chi connectivity index (χ1v) is 17.9. The molecular formula is C38H49IN4O7. The third kappa shape index (κ3) is 8.29. The molecule has 2 aromatic carbocycles. The van der Waals surface area contributed by atoms with Crippen LogP contribution in [0.2, 0.25) is 0 Å². The van der Waals surface area contributed by atoms with E-state index in [4.69, 9.17) is 18.9 Å². The minimum Gasteiger partial charge on any atom is -0.444 e. The summed E-state index contributed by atoms with van der Waals surface area (Å²) in [5.74, 6) is -0.339. The van der Waals surface area contributed by atoms with Crippen LogP contribution >= 0.6 is 22.6 Å². The third-order valence-electron chi connectivity index (χ3n) is 8.55. The first-order valence-electron chi connectivity index (χ1n) is 16.9. The number of benzene rings is 2. The van der Waals surface area contributed by atoms with Gasteiger partial charge in [-0.2, -0.15) is 0 Å². The Bertz CT molecular complexity index is 1800. The number of halogens is 1. The van der Waals surface area contributed by atoms with E-state index in [1.807, 2.05) is 118 Å². The molecule has 50 heavy (non-hydrogen) atoms. The molecule has 1 aromatic heterocycles. The molecule has 3 heterocycles. The molecule has 0 saturated carbocycles. The van der Waals surface area contributed by atoms with Gasteiger partial charge in [-0.1, -0.05) is 30.3 Å². The van der Waals surface area contributed by atoms with E-state index < -0.39 is 40.9 Å². The zero-order valence-electron chi connectivity index (χ0n) is 30.6. The molecule has 2 fully saturated rings. The van der Waals surface area contributed by atoms with Crippen molar-refractivity contribution >= 4 is 62.8 Å². The molecular weight excluding hydrogens is 751 g/mol. The Morgan fingerprint density at radius 2 is 1.50 bits per heavy atom. The van der Waals surface area contributed by atoms with E-state index in [-0.39, 0.29) is 18.6 Å². The summed E-state index contributed by atoms with van der Waals surface area (Å²) in [7, 11) is 0. The number of aromatic amines is 1. The molecule has 3 amide bonds. The maximum atomic E-state index is 14.3. The second-order valence-corrected chi connectivity index (χ2v) is 16.9. The molecule has 0 aliphatic carbocycles. The van der Waals surface area contributed by atoms with Crippen LogP contribution in [0.3, 0.4) is 0 Å². The lowest BCUT2D eigenvalue weighted by Gasteiger charge is -2.35. The SMILES string of the molecule is CC(C)(C)OC(=O)N1[C@@H](Cc2c[nH]c3c(/C(=C/[C@H]4COC(C)(C)N4C(=O)OC(C)(C)C)C(=O)Nc4ccccc4I)cccc23)COC1(C)C. The Morgan fingerprint density at radius 3 is 2.14 bits per heavy atom. The molecule has 2 aliphatic rings. The molecule has 11 nitrogen and oxygen atoms in total. The number of hydrogen-bond donors (Lipinski definition) is 2. The fraction of sp³-hybridized carbons (Fsp3) is 0.500. The lowest BCUT2D eigenvalue weighted by atomic mass is 9.97. The zero-order valence-corrected chi connectivity index (χ0v) is 32.8. The third-order valence-corrected chi connectivity index (χ3v) is 9.49. The summed E-state index contributed by atoms with van der Waals surface area (Å²) in [6, 6.07) is 12.5. The highest BCUT2D eigenvalue weighted by atomic mass is 127. The van der Waals surface area contributed by atoms with Gasteiger partial charge in [0.25, 0.3) is 5.91 Å². The Labute approximate surface area is 308 Å². The summed E-state index contributed by atoms with van der Waals surface area (Å²) >= 11 is 2.19. The zero-order chi connectivity index (χ0) is 36.8. The molecule has 2 N–H and O–H groups in total. The molecule has 0 unspecified atom stereocenters. The maximum Gasteiger partial charge on any atom is 0.413 e. The largest absolute Gasteiger partial charge is 0.444 e. The van der Waals surface area contributed by atoms with Crippen molar-refractivity contribution in [3.63, 3.8) is 0 Å². The normalized spacial score (nSPS) is 20.7. The van der Waals surface area contributed by atoms with E-state index in [0.29, 0.717) is 29.9 Å². The molecule has 0 bridgehead atoms. The van der Waals surface area contributed by atoms with E-state index in [9.17, 15) is 14.4 Å². The summed E-state index contributed by atoms with van der Waals surface area (Å²) in [4.78, 5) is 47.8. The van der Waals surface area contributed by atoms with Crippen molar-refractivity contribution in [1.82, 2.24) is 14.8 Å². The van der Waals surface area contributed by atoms with Crippen LogP contribution in [0.15, 0.2) is 54.7 Å². The standard InChI is InChI=1S/C38H49IN4O7/c1-35(2,3)49-33(45)42-24(21-47-37(42,7)8)18-23-20-40-31-26(23)14-13-15-27(31)28(32(44)41-30-17-12-11-16-29(30)39)19-25-22-48-38(9,10)43(25)34(46)50-36(4,5)6/h11-17,19-20,24-25,40H,18,21-22H2,1-10H3,(H,41,44)/b28-19-/t24-,25-/m0/s1. The first kappa shape index (κ1) is 37.6. The van der Waals surface area contributed by atoms with Gasteiger partial charge in [-0.05, 0) is 122 Å². The van der Waals surface area contributed by atoms with Crippen LogP contribution in [0.25, 0.3) is 16.5 Å². The van der Waals surface area contributed by atoms with Crippen molar-refractivity contribution < 1.29 is 33.3 Å². The average Bonchev–Trinajstić information content (AvgIpc) is 3.63. The molecule has 5 rings (SSSR count). The van der Waals surface area contributed by atoms with Crippen LogP contribution in [0.5, 0.6) is 0 Å². The van der Waals surface area contributed by atoms with Crippen LogP contribution in [0, 0.1) is 3.57 Å². The van der Waals surface area contributed by atoms with Gasteiger partial charge in [0.05, 0.1) is 36.5 Å². The molecule has 270 valence electrons. The van der Waals surface area contributed by atoms with Gasteiger partial charge in [0.15, 0.2) is 0 Å². The Morgan fingerprint density at radius 1 is 0.900 bits per heavy atom. The van der Waals surface area contributed by atoms with Crippen molar-refractivity contribution in [3.05, 3.63) is 69.4 Å². The van der Waals surface area contributed by atoms with Gasteiger partial charge in [0.2, 0.25) is 0 Å². The average molecular weight is 801 g/mol. The Hall–Kier alpha value is -3.62. The summed E-state index contributed by atoms with van der Waals surface area (Å²) < 4.78 is 24.6. The van der Waals surface area contributed by atoms with Crippen molar-refractivity contribution in [2.45, 2.75) is 110 Å². The second kappa shape index (κ2) is 13.8. The summed E-state index contributed by atoms with van der Waals surface area (Å²) in [6.45, 7) is 18.8. The number of hydrogen-bond acceptors (Lipinski definition) is 7. The first-order chi connectivity index (χ1) is 23.2. The van der Waals surface area contributed by atoms with Crippen molar-refractivity contribution in [3.8, 4) is 0 Å². The lowest BCUT2D eigenvalue weighted by molar-refractivity contribution is -0.111. The highest BCUT2D eigenvalue weighted by molar-refractivity contribution is 14.1. The van der Waals surface area contributed by atoms with Crippen LogP contribution in [-0.2, 0) is 30.2 Å². The number of nitrogens with one attached hydrogen (secondary N) is 2. The van der Waals surface area contributed by atoms with Crippen LogP contribution in [0.4, 0.5) is 15.3 Å². The number of para-hydroxylation sites is 2. The van der Waals surface area contributed by atoms with Crippen LogP contribution < -0.4 is 5.32 Å². The number of ether oxygens (including phenoxy) is 4. The quantitative estimate of drug-likeness (QED) is 0.191. The summed E-state index contributed by atoms with van der Waals surface area (Å²) in [6.07, 6.45) is 3.24. The Balaban J connectivity index is 1.56. The number of carbonyl (C=O) groups excluding carboxylic acids is 3. The second-order valence-electron chi connectivity index (χ2n) is 15.7. The number of anilines is 1. The van der Waals surface area contributed by atoms with Gasteiger partial charge in [0.1, 0.15) is 22.7 Å². The smallest absolute Gasteiger partial charge is 0.413 e. The van der Waals surface area contributed by atoms with Gasteiger partial charge < -0.3 is 29.2 Å². The van der Waals surface area contributed by atoms with Gasteiger partial charge >= 0.3 is 12.2 Å². The number of carbonyl (C=O) groups is 3. The highest BCUT2D eigenvalue weighted by Crippen LogP contribution is 2.36. The van der Waals surface area contributed by atoms with E-state index in [1.165, 1.54) is 0 Å². The Kier molecular flexibility index (Phi) is 10.4. The van der Waals surface area contributed by atoms with Gasteiger partial charge in [-0.15, -0.1) is 0 Å². The van der Waals surface area contributed by atoms with Gasteiger partial charge in [0, 0.05) is 26.3 Å². The number of nitrogens with zero attached hydrogens (tertiary/aromatic N) is 2. The van der Waals surface area contributed by atoms with Crippen molar-refractivity contribution in [2.24, 2.45) is 0 Å². The minimum atomic E-state index is -0.970. The number of fused-ring (bicyclic) bond motifs is 1. The van der Waals surface area contributed by atoms with Crippen LogP contribution in [-0.4, -0.2) is 80.8 Å². The van der Waals surface area contributed by atoms with Crippen molar-refractivity contribution in [1.29, 1.82) is 0 Å². The minimum absolute atomic E-state index is 0.176.